The Morgan fingerprint density at radius 2 is 1.82 bits per heavy atom. The number of hydrogen-bond donors (Lipinski definition) is 0. The monoisotopic (exact) mass is 414 g/mol. The van der Waals surface area contributed by atoms with E-state index in [9.17, 15) is 4.79 Å². The van der Waals surface area contributed by atoms with Gasteiger partial charge in [-0.05, 0) is 24.3 Å². The standard InChI is InChI=1S/C21H23ClN4OS/c1-24(14-20-23-17-7-3-5-9-19(17)28-20)21(27)15-25-10-12-26(13-11-25)18-8-4-2-6-16(18)22/h2-9H,10-15H2,1H3. The number of hydrogen-bond acceptors (Lipinski definition) is 5. The van der Waals surface area contributed by atoms with Crippen LogP contribution in [-0.4, -0.2) is 60.5 Å². The number of aromatic nitrogens is 1. The van der Waals surface area contributed by atoms with E-state index in [4.69, 9.17) is 11.6 Å². The smallest absolute Gasteiger partial charge is 0.236 e. The van der Waals surface area contributed by atoms with E-state index in [1.54, 1.807) is 16.2 Å². The maximum atomic E-state index is 12.7. The van der Waals surface area contributed by atoms with Crippen molar-refractivity contribution in [2.24, 2.45) is 0 Å². The van der Waals surface area contributed by atoms with E-state index in [1.165, 1.54) is 0 Å². The molecule has 5 nitrogen and oxygen atoms in total. The van der Waals surface area contributed by atoms with Crippen molar-refractivity contribution in [3.05, 3.63) is 58.6 Å². The first-order valence-electron chi connectivity index (χ1n) is 9.40. The molecule has 0 radical (unpaired) electrons. The van der Waals surface area contributed by atoms with Crippen LogP contribution in [0.4, 0.5) is 5.69 Å². The Labute approximate surface area is 174 Å². The van der Waals surface area contributed by atoms with Crippen molar-refractivity contribution >= 4 is 44.7 Å². The quantitative estimate of drug-likeness (QED) is 0.637. The third kappa shape index (κ3) is 4.29. The molecule has 0 atom stereocenters. The second-order valence-corrected chi connectivity index (χ2v) is 8.56. The van der Waals surface area contributed by atoms with Crippen molar-refractivity contribution in [2.45, 2.75) is 6.54 Å². The van der Waals surface area contributed by atoms with Crippen LogP contribution in [0.1, 0.15) is 5.01 Å². The van der Waals surface area contributed by atoms with E-state index in [2.05, 4.69) is 26.9 Å². The second-order valence-electron chi connectivity index (χ2n) is 7.04. The van der Waals surface area contributed by atoms with Crippen molar-refractivity contribution in [2.75, 3.05) is 44.7 Å². The van der Waals surface area contributed by atoms with Gasteiger partial charge in [0.15, 0.2) is 0 Å². The largest absolute Gasteiger partial charge is 0.368 e. The highest BCUT2D eigenvalue weighted by atomic mass is 35.5. The maximum Gasteiger partial charge on any atom is 0.236 e. The summed E-state index contributed by atoms with van der Waals surface area (Å²) in [5.74, 6) is 0.130. The summed E-state index contributed by atoms with van der Waals surface area (Å²) in [6.45, 7) is 4.45. The van der Waals surface area contributed by atoms with E-state index in [0.717, 1.165) is 52.1 Å². The number of para-hydroxylation sites is 2. The number of rotatable bonds is 5. The van der Waals surface area contributed by atoms with Gasteiger partial charge >= 0.3 is 0 Å². The first kappa shape index (κ1) is 19.2. The van der Waals surface area contributed by atoms with Gasteiger partial charge < -0.3 is 9.80 Å². The lowest BCUT2D eigenvalue weighted by Gasteiger charge is -2.36. The Morgan fingerprint density at radius 1 is 1.11 bits per heavy atom. The van der Waals surface area contributed by atoms with Crippen LogP contribution in [0, 0.1) is 0 Å². The van der Waals surface area contributed by atoms with Gasteiger partial charge in [-0.15, -0.1) is 11.3 Å². The Balaban J connectivity index is 1.29. The number of carbonyl (C=O) groups excluding carboxylic acids is 1. The van der Waals surface area contributed by atoms with Crippen molar-refractivity contribution in [1.82, 2.24) is 14.8 Å². The molecule has 1 aliphatic rings. The van der Waals surface area contributed by atoms with Crippen LogP contribution in [0.25, 0.3) is 10.2 Å². The Morgan fingerprint density at radius 3 is 2.57 bits per heavy atom. The maximum absolute atomic E-state index is 12.7. The number of halogens is 1. The zero-order valence-electron chi connectivity index (χ0n) is 15.8. The summed E-state index contributed by atoms with van der Waals surface area (Å²) in [5.41, 5.74) is 2.07. The van der Waals surface area contributed by atoms with E-state index in [-0.39, 0.29) is 5.91 Å². The highest BCUT2D eigenvalue weighted by Gasteiger charge is 2.22. The molecule has 2 heterocycles. The summed E-state index contributed by atoms with van der Waals surface area (Å²) < 4.78 is 1.16. The predicted molar refractivity (Wildman–Crippen MR) is 116 cm³/mol. The van der Waals surface area contributed by atoms with Crippen LogP contribution in [-0.2, 0) is 11.3 Å². The Kier molecular flexibility index (Phi) is 5.80. The molecule has 0 saturated carbocycles. The number of anilines is 1. The molecule has 0 aliphatic carbocycles. The summed E-state index contributed by atoms with van der Waals surface area (Å²) in [6.07, 6.45) is 0. The lowest BCUT2D eigenvalue weighted by Crippen LogP contribution is -2.49. The second kappa shape index (κ2) is 8.47. The van der Waals surface area contributed by atoms with Crippen molar-refractivity contribution in [3.8, 4) is 0 Å². The Hall–Kier alpha value is -2.15. The topological polar surface area (TPSA) is 39.7 Å². The molecular weight excluding hydrogens is 392 g/mol. The summed E-state index contributed by atoms with van der Waals surface area (Å²) >= 11 is 7.96. The van der Waals surface area contributed by atoms with Crippen LogP contribution in [0.2, 0.25) is 5.02 Å². The number of fused-ring (bicyclic) bond motifs is 1. The van der Waals surface area contributed by atoms with Gasteiger partial charge in [-0.2, -0.15) is 0 Å². The molecule has 3 aromatic rings. The van der Waals surface area contributed by atoms with Gasteiger partial charge in [-0.3, -0.25) is 9.69 Å². The average Bonchev–Trinajstić information content (AvgIpc) is 3.11. The number of nitrogens with zero attached hydrogens (tertiary/aromatic N) is 4. The van der Waals surface area contributed by atoms with Gasteiger partial charge in [0.2, 0.25) is 5.91 Å². The van der Waals surface area contributed by atoms with Gasteiger partial charge in [-0.25, -0.2) is 4.98 Å². The molecule has 1 saturated heterocycles. The normalized spacial score (nSPS) is 15.1. The van der Waals surface area contributed by atoms with Crippen molar-refractivity contribution in [3.63, 3.8) is 0 Å². The fourth-order valence-corrected chi connectivity index (χ4v) is 4.72. The molecule has 1 aliphatic heterocycles. The molecule has 28 heavy (non-hydrogen) atoms. The fraction of sp³-hybridized carbons (Fsp3) is 0.333. The van der Waals surface area contributed by atoms with Crippen LogP contribution in [0.15, 0.2) is 48.5 Å². The molecule has 0 bridgehead atoms. The first-order chi connectivity index (χ1) is 13.6. The van der Waals surface area contributed by atoms with Crippen LogP contribution < -0.4 is 4.90 Å². The minimum absolute atomic E-state index is 0.130. The number of amides is 1. The molecule has 2 aromatic carbocycles. The summed E-state index contributed by atoms with van der Waals surface area (Å²) in [4.78, 5) is 23.6. The average molecular weight is 415 g/mol. The molecule has 1 amide bonds. The number of piperazine rings is 1. The number of thiazole rings is 1. The summed E-state index contributed by atoms with van der Waals surface area (Å²) in [7, 11) is 1.86. The molecule has 0 unspecified atom stereocenters. The molecule has 4 rings (SSSR count). The third-order valence-electron chi connectivity index (χ3n) is 5.06. The highest BCUT2D eigenvalue weighted by Crippen LogP contribution is 2.26. The molecule has 1 aromatic heterocycles. The van der Waals surface area contributed by atoms with E-state index < -0.39 is 0 Å². The fourth-order valence-electron chi connectivity index (χ4n) is 3.45. The number of likely N-dealkylation sites (N-methyl/N-ethyl adjacent to an activating group) is 1. The molecule has 1 fully saturated rings. The number of benzene rings is 2. The van der Waals surface area contributed by atoms with Crippen LogP contribution in [0.5, 0.6) is 0 Å². The SMILES string of the molecule is CN(Cc1nc2ccccc2s1)C(=O)CN1CCN(c2ccccc2Cl)CC1. The van der Waals surface area contributed by atoms with E-state index in [0.29, 0.717) is 13.1 Å². The van der Waals surface area contributed by atoms with Crippen LogP contribution >= 0.6 is 22.9 Å². The van der Waals surface area contributed by atoms with Gasteiger partial charge in [0, 0.05) is 33.2 Å². The molecule has 146 valence electrons. The Bertz CT molecular complexity index is 935. The van der Waals surface area contributed by atoms with Crippen molar-refractivity contribution in [1.29, 1.82) is 0 Å². The predicted octanol–water partition coefficient (Wildman–Crippen LogP) is 3.73. The van der Waals surface area contributed by atoms with Gasteiger partial charge in [0.1, 0.15) is 5.01 Å². The molecule has 0 spiro atoms. The van der Waals surface area contributed by atoms with E-state index in [1.807, 2.05) is 43.4 Å². The third-order valence-corrected chi connectivity index (χ3v) is 6.40. The minimum atomic E-state index is 0.130. The summed E-state index contributed by atoms with van der Waals surface area (Å²) in [5, 5.41) is 1.75. The lowest BCUT2D eigenvalue weighted by molar-refractivity contribution is -0.131. The van der Waals surface area contributed by atoms with Gasteiger partial charge in [0.25, 0.3) is 0 Å². The zero-order valence-corrected chi connectivity index (χ0v) is 17.4. The lowest BCUT2D eigenvalue weighted by atomic mass is 10.2. The van der Waals surface area contributed by atoms with Crippen molar-refractivity contribution < 1.29 is 4.79 Å². The van der Waals surface area contributed by atoms with E-state index >= 15 is 0 Å². The molecule has 0 N–H and O–H groups in total. The molecular formula is C21H23ClN4OS. The molecule has 7 heteroatoms. The first-order valence-corrected chi connectivity index (χ1v) is 10.6. The zero-order chi connectivity index (χ0) is 19.5. The van der Waals surface area contributed by atoms with Crippen LogP contribution in [0.3, 0.4) is 0 Å². The summed E-state index contributed by atoms with van der Waals surface area (Å²) in [6, 6.07) is 16.0. The van der Waals surface area contributed by atoms with Gasteiger partial charge in [0.05, 0.1) is 34.0 Å². The highest BCUT2D eigenvalue weighted by molar-refractivity contribution is 7.18. The minimum Gasteiger partial charge on any atom is -0.368 e. The number of carbonyl (C=O) groups is 1. The van der Waals surface area contributed by atoms with Gasteiger partial charge in [-0.1, -0.05) is 35.9 Å².